The molecule has 0 unspecified atom stereocenters. The van der Waals surface area contributed by atoms with Gasteiger partial charge in [0.05, 0.1) is 13.7 Å². The summed E-state index contributed by atoms with van der Waals surface area (Å²) in [5, 5.41) is 0.623. The minimum absolute atomic E-state index is 0.0754. The molecule has 0 saturated carbocycles. The van der Waals surface area contributed by atoms with Gasteiger partial charge in [0, 0.05) is 17.6 Å². The van der Waals surface area contributed by atoms with Gasteiger partial charge in [0.1, 0.15) is 18.1 Å². The lowest BCUT2D eigenvalue weighted by atomic mass is 10.2. The van der Waals surface area contributed by atoms with Crippen molar-refractivity contribution in [3.8, 4) is 11.5 Å². The number of rotatable bonds is 6. The fourth-order valence-corrected chi connectivity index (χ4v) is 2.12. The van der Waals surface area contributed by atoms with Gasteiger partial charge >= 0.3 is 0 Å². The van der Waals surface area contributed by atoms with E-state index < -0.39 is 0 Å². The molecule has 0 saturated heterocycles. The molecule has 4 nitrogen and oxygen atoms in total. The first kappa shape index (κ1) is 16.2. The molecule has 0 N–H and O–H groups in total. The average Bonchev–Trinajstić information content (AvgIpc) is 2.54. The third kappa shape index (κ3) is 4.40. The maximum Gasteiger partial charge on any atom is 0.253 e. The highest BCUT2D eigenvalue weighted by Gasteiger charge is 2.12. The Morgan fingerprint density at radius 2 is 1.86 bits per heavy atom. The molecule has 0 fully saturated rings. The van der Waals surface area contributed by atoms with Crippen LogP contribution in [0.2, 0.25) is 5.02 Å². The second-order valence-electron chi connectivity index (χ2n) is 4.76. The summed E-state index contributed by atoms with van der Waals surface area (Å²) in [4.78, 5) is 13.9. The van der Waals surface area contributed by atoms with Crippen molar-refractivity contribution in [3.63, 3.8) is 0 Å². The maximum atomic E-state index is 12.3. The zero-order valence-corrected chi connectivity index (χ0v) is 13.3. The molecule has 0 aliphatic rings. The molecule has 1 amide bonds. The van der Waals surface area contributed by atoms with Crippen molar-refractivity contribution in [1.29, 1.82) is 0 Å². The van der Waals surface area contributed by atoms with E-state index in [9.17, 15) is 4.79 Å². The van der Waals surface area contributed by atoms with Gasteiger partial charge in [0.25, 0.3) is 5.91 Å². The summed E-state index contributed by atoms with van der Waals surface area (Å²) in [7, 11) is 3.31. The van der Waals surface area contributed by atoms with Gasteiger partial charge in [-0.05, 0) is 36.4 Å². The molecule has 0 atom stereocenters. The number of benzene rings is 2. The SMILES string of the molecule is COc1cccc(C(=O)N(C)CCOc2cccc(Cl)c2)c1. The Bertz CT molecular complexity index is 645. The first-order valence-corrected chi connectivity index (χ1v) is 7.26. The number of methoxy groups -OCH3 is 1. The van der Waals surface area contributed by atoms with Crippen molar-refractivity contribution in [2.24, 2.45) is 0 Å². The van der Waals surface area contributed by atoms with Crippen molar-refractivity contribution in [3.05, 3.63) is 59.1 Å². The van der Waals surface area contributed by atoms with E-state index in [1.807, 2.05) is 12.1 Å². The van der Waals surface area contributed by atoms with E-state index in [1.165, 1.54) is 0 Å². The molecule has 0 heterocycles. The zero-order chi connectivity index (χ0) is 15.9. The molecule has 0 aliphatic carbocycles. The Hall–Kier alpha value is -2.20. The van der Waals surface area contributed by atoms with Crippen LogP contribution in [0.25, 0.3) is 0 Å². The van der Waals surface area contributed by atoms with Crippen molar-refractivity contribution in [2.45, 2.75) is 0 Å². The van der Waals surface area contributed by atoms with Gasteiger partial charge in [0.2, 0.25) is 0 Å². The highest BCUT2D eigenvalue weighted by molar-refractivity contribution is 6.30. The molecule has 0 aliphatic heterocycles. The minimum atomic E-state index is -0.0754. The number of halogens is 1. The summed E-state index contributed by atoms with van der Waals surface area (Å²) < 4.78 is 10.7. The summed E-state index contributed by atoms with van der Waals surface area (Å²) in [5.41, 5.74) is 0.588. The van der Waals surface area contributed by atoms with Crippen LogP contribution >= 0.6 is 11.6 Å². The summed E-state index contributed by atoms with van der Waals surface area (Å²) in [6.45, 7) is 0.870. The van der Waals surface area contributed by atoms with E-state index in [4.69, 9.17) is 21.1 Å². The largest absolute Gasteiger partial charge is 0.497 e. The van der Waals surface area contributed by atoms with Crippen LogP contribution in [0.1, 0.15) is 10.4 Å². The van der Waals surface area contributed by atoms with Crippen LogP contribution in [0.5, 0.6) is 11.5 Å². The molecule has 0 aromatic heterocycles. The molecular formula is C17H18ClNO3. The van der Waals surface area contributed by atoms with Gasteiger partial charge in [0.15, 0.2) is 0 Å². The monoisotopic (exact) mass is 319 g/mol. The molecule has 5 heteroatoms. The van der Waals surface area contributed by atoms with Crippen LogP contribution in [-0.2, 0) is 0 Å². The zero-order valence-electron chi connectivity index (χ0n) is 12.6. The summed E-state index contributed by atoms with van der Waals surface area (Å²) in [5.74, 6) is 1.28. The number of carbonyl (C=O) groups is 1. The fourth-order valence-electron chi connectivity index (χ4n) is 1.94. The number of nitrogens with zero attached hydrogens (tertiary/aromatic N) is 1. The van der Waals surface area contributed by atoms with Crippen molar-refractivity contribution < 1.29 is 14.3 Å². The Labute approximate surface area is 135 Å². The van der Waals surface area contributed by atoms with E-state index in [-0.39, 0.29) is 5.91 Å². The first-order chi connectivity index (χ1) is 10.6. The minimum Gasteiger partial charge on any atom is -0.497 e. The number of ether oxygens (including phenoxy) is 2. The predicted octanol–water partition coefficient (Wildman–Crippen LogP) is 3.50. The number of hydrogen-bond donors (Lipinski definition) is 0. The molecule has 22 heavy (non-hydrogen) atoms. The maximum absolute atomic E-state index is 12.3. The smallest absolute Gasteiger partial charge is 0.253 e. The molecule has 0 spiro atoms. The summed E-state index contributed by atoms with van der Waals surface area (Å²) in [6, 6.07) is 14.3. The van der Waals surface area contributed by atoms with Crippen LogP contribution in [0, 0.1) is 0 Å². The quantitative estimate of drug-likeness (QED) is 0.818. The molecular weight excluding hydrogens is 302 g/mol. The van der Waals surface area contributed by atoms with Crippen molar-refractivity contribution in [1.82, 2.24) is 4.90 Å². The Morgan fingerprint density at radius 1 is 1.14 bits per heavy atom. The van der Waals surface area contributed by atoms with E-state index in [0.29, 0.717) is 35.2 Å². The van der Waals surface area contributed by atoms with E-state index in [1.54, 1.807) is 55.5 Å². The molecule has 0 bridgehead atoms. The van der Waals surface area contributed by atoms with Crippen LogP contribution < -0.4 is 9.47 Å². The van der Waals surface area contributed by atoms with Crippen molar-refractivity contribution in [2.75, 3.05) is 27.3 Å². The second kappa shape index (κ2) is 7.71. The highest BCUT2D eigenvalue weighted by Crippen LogP contribution is 2.17. The summed E-state index contributed by atoms with van der Waals surface area (Å²) >= 11 is 5.89. The summed E-state index contributed by atoms with van der Waals surface area (Å²) in [6.07, 6.45) is 0. The van der Waals surface area contributed by atoms with Gasteiger partial charge in [-0.3, -0.25) is 4.79 Å². The fraction of sp³-hybridized carbons (Fsp3) is 0.235. The Balaban J connectivity index is 1.88. The second-order valence-corrected chi connectivity index (χ2v) is 5.20. The van der Waals surface area contributed by atoms with E-state index in [0.717, 1.165) is 0 Å². The third-order valence-corrected chi connectivity index (χ3v) is 3.39. The normalized spacial score (nSPS) is 10.1. The molecule has 2 rings (SSSR count). The van der Waals surface area contributed by atoms with Gasteiger partial charge in [-0.25, -0.2) is 0 Å². The van der Waals surface area contributed by atoms with Crippen LogP contribution in [0.3, 0.4) is 0 Å². The number of likely N-dealkylation sites (N-methyl/N-ethyl adjacent to an activating group) is 1. The van der Waals surface area contributed by atoms with E-state index >= 15 is 0 Å². The standard InChI is InChI=1S/C17H18ClNO3/c1-19(9-10-22-16-8-4-6-14(18)12-16)17(20)13-5-3-7-15(11-13)21-2/h3-8,11-12H,9-10H2,1-2H3. The lowest BCUT2D eigenvalue weighted by molar-refractivity contribution is 0.0773. The van der Waals surface area contributed by atoms with Crippen LogP contribution in [0.15, 0.2) is 48.5 Å². The van der Waals surface area contributed by atoms with Crippen LogP contribution in [0.4, 0.5) is 0 Å². The predicted molar refractivity (Wildman–Crippen MR) is 86.9 cm³/mol. The van der Waals surface area contributed by atoms with Crippen molar-refractivity contribution >= 4 is 17.5 Å². The van der Waals surface area contributed by atoms with Gasteiger partial charge < -0.3 is 14.4 Å². The molecule has 2 aromatic carbocycles. The molecule has 2 aromatic rings. The molecule has 0 radical (unpaired) electrons. The van der Waals surface area contributed by atoms with Gasteiger partial charge in [-0.15, -0.1) is 0 Å². The number of hydrogen-bond acceptors (Lipinski definition) is 3. The highest BCUT2D eigenvalue weighted by atomic mass is 35.5. The lowest BCUT2D eigenvalue weighted by Crippen LogP contribution is -2.30. The molecule has 116 valence electrons. The third-order valence-electron chi connectivity index (χ3n) is 3.15. The van der Waals surface area contributed by atoms with Gasteiger partial charge in [-0.2, -0.15) is 0 Å². The first-order valence-electron chi connectivity index (χ1n) is 6.88. The topological polar surface area (TPSA) is 38.8 Å². The number of amides is 1. The van der Waals surface area contributed by atoms with Gasteiger partial charge in [-0.1, -0.05) is 23.7 Å². The Morgan fingerprint density at radius 3 is 2.59 bits per heavy atom. The Kier molecular flexibility index (Phi) is 5.67. The van der Waals surface area contributed by atoms with E-state index in [2.05, 4.69) is 0 Å². The average molecular weight is 320 g/mol. The lowest BCUT2D eigenvalue weighted by Gasteiger charge is -2.18. The van der Waals surface area contributed by atoms with Crippen LogP contribution in [-0.4, -0.2) is 38.1 Å². The number of carbonyl (C=O) groups excluding carboxylic acids is 1.